The van der Waals surface area contributed by atoms with Crippen molar-refractivity contribution < 1.29 is 9.53 Å². The monoisotopic (exact) mass is 454 g/mol. The first-order valence-corrected chi connectivity index (χ1v) is 11.1. The lowest BCUT2D eigenvalue weighted by Crippen LogP contribution is -2.12. The molecule has 3 heterocycles. The lowest BCUT2D eigenvalue weighted by molar-refractivity contribution is 0.0998. The lowest BCUT2D eigenvalue weighted by Gasteiger charge is -2.17. The number of hydrogen-bond donors (Lipinski definition) is 2. The highest BCUT2D eigenvalue weighted by Crippen LogP contribution is 2.39. The van der Waals surface area contributed by atoms with Crippen LogP contribution in [0, 0.1) is 0 Å². The van der Waals surface area contributed by atoms with Gasteiger partial charge in [-0.1, -0.05) is 29.8 Å². The zero-order chi connectivity index (χ0) is 22.0. The van der Waals surface area contributed by atoms with Crippen molar-refractivity contribution in [2.24, 2.45) is 5.73 Å². The minimum Gasteiger partial charge on any atom is -0.484 e. The van der Waals surface area contributed by atoms with Gasteiger partial charge in [-0.05, 0) is 50.7 Å². The third-order valence-corrected chi connectivity index (χ3v) is 6.54. The first-order chi connectivity index (χ1) is 15.0. The first-order valence-electron chi connectivity index (χ1n) is 9.93. The topological polar surface area (TPSA) is 81.7 Å². The molecule has 0 aliphatic rings. The number of ether oxygens (including phenoxy) is 1. The molecule has 0 aliphatic carbocycles. The maximum atomic E-state index is 12.1. The van der Waals surface area contributed by atoms with Crippen LogP contribution in [0.4, 0.5) is 0 Å². The summed E-state index contributed by atoms with van der Waals surface area (Å²) < 4.78 is 8.13. The number of nitrogens with two attached hydrogens (primary N) is 1. The van der Waals surface area contributed by atoms with E-state index in [0.717, 1.165) is 40.3 Å². The van der Waals surface area contributed by atoms with Gasteiger partial charge in [-0.25, -0.2) is 4.98 Å². The molecule has 3 aromatic heterocycles. The van der Waals surface area contributed by atoms with Gasteiger partial charge in [0.2, 0.25) is 0 Å². The molecule has 1 amide bonds. The van der Waals surface area contributed by atoms with Gasteiger partial charge in [0, 0.05) is 22.8 Å². The Morgan fingerprint density at radius 1 is 1.32 bits per heavy atom. The first kappa shape index (κ1) is 21.4. The van der Waals surface area contributed by atoms with E-state index >= 15 is 0 Å². The number of amides is 1. The van der Waals surface area contributed by atoms with Crippen molar-refractivity contribution in [3.05, 3.63) is 75.9 Å². The number of imidazole rings is 1. The maximum Gasteiger partial charge on any atom is 0.262 e. The Kier molecular flexibility index (Phi) is 6.27. The van der Waals surface area contributed by atoms with Crippen molar-refractivity contribution in [3.8, 4) is 16.3 Å². The molecule has 0 saturated carbocycles. The van der Waals surface area contributed by atoms with E-state index < -0.39 is 5.91 Å². The summed E-state index contributed by atoms with van der Waals surface area (Å²) in [5.41, 5.74) is 9.35. The Bertz CT molecular complexity index is 1230. The van der Waals surface area contributed by atoms with Crippen molar-refractivity contribution in [3.63, 3.8) is 0 Å². The van der Waals surface area contributed by atoms with E-state index in [9.17, 15) is 4.79 Å². The van der Waals surface area contributed by atoms with Crippen molar-refractivity contribution in [2.45, 2.75) is 19.4 Å². The van der Waals surface area contributed by atoms with E-state index in [1.54, 1.807) is 6.20 Å². The molecule has 6 nitrogen and oxygen atoms in total. The zero-order valence-corrected chi connectivity index (χ0v) is 18.8. The molecular weight excluding hydrogens is 432 g/mol. The van der Waals surface area contributed by atoms with E-state index in [1.165, 1.54) is 11.3 Å². The van der Waals surface area contributed by atoms with Crippen molar-refractivity contribution >= 4 is 34.5 Å². The molecule has 0 saturated heterocycles. The van der Waals surface area contributed by atoms with Crippen LogP contribution in [0.5, 0.6) is 5.75 Å². The number of halogens is 1. The smallest absolute Gasteiger partial charge is 0.262 e. The number of likely N-dealkylation sites (N-methyl/N-ethyl adjacent to an activating group) is 1. The lowest BCUT2D eigenvalue weighted by atomic mass is 10.1. The largest absolute Gasteiger partial charge is 0.484 e. The summed E-state index contributed by atoms with van der Waals surface area (Å²) in [5, 5.41) is 3.77. The van der Waals surface area contributed by atoms with E-state index in [1.807, 2.05) is 67.0 Å². The van der Waals surface area contributed by atoms with E-state index in [0.29, 0.717) is 15.6 Å². The van der Waals surface area contributed by atoms with Gasteiger partial charge in [0.15, 0.2) is 0 Å². The summed E-state index contributed by atoms with van der Waals surface area (Å²) in [7, 11) is 1.92. The highest BCUT2D eigenvalue weighted by molar-refractivity contribution is 7.17. The normalized spacial score (nSPS) is 12.2. The third-order valence-electron chi connectivity index (χ3n) is 5.06. The minimum atomic E-state index is -0.527. The number of rotatable bonds is 8. The molecule has 0 fully saturated rings. The second-order valence-electron chi connectivity index (χ2n) is 7.21. The van der Waals surface area contributed by atoms with Crippen LogP contribution in [0.3, 0.4) is 0 Å². The number of hydrogen-bond acceptors (Lipinski definition) is 5. The number of carbonyl (C=O) groups excluding carboxylic acids is 1. The zero-order valence-electron chi connectivity index (χ0n) is 17.3. The standard InChI is InChI=1S/C23H23ClN4O2S/c1-14(16-7-6-15(8-9-26-2)11-17(16)24)30-19-12-20(31-22(19)23(25)29)18-13-27-21-5-3-4-10-28(18)21/h3-7,10-14,26H,8-9H2,1-2H3,(H2,25,29)/t14-/m1/s1. The van der Waals surface area contributed by atoms with Crippen LogP contribution < -0.4 is 15.8 Å². The molecule has 0 unspecified atom stereocenters. The average Bonchev–Trinajstić information content (AvgIpc) is 3.36. The number of nitrogens with one attached hydrogen (secondary N) is 1. The van der Waals surface area contributed by atoms with Crippen molar-refractivity contribution in [1.82, 2.24) is 14.7 Å². The van der Waals surface area contributed by atoms with Gasteiger partial charge in [-0.3, -0.25) is 9.20 Å². The van der Waals surface area contributed by atoms with E-state index in [-0.39, 0.29) is 6.10 Å². The average molecular weight is 455 g/mol. The molecule has 1 atom stereocenters. The van der Waals surface area contributed by atoms with E-state index in [2.05, 4.69) is 10.3 Å². The van der Waals surface area contributed by atoms with Crippen LogP contribution in [0.1, 0.15) is 33.8 Å². The summed E-state index contributed by atoms with van der Waals surface area (Å²) in [5.74, 6) is -0.0815. The summed E-state index contributed by atoms with van der Waals surface area (Å²) >= 11 is 7.82. The number of primary amides is 1. The number of nitrogens with zero attached hydrogens (tertiary/aromatic N) is 2. The van der Waals surface area contributed by atoms with Gasteiger partial charge in [0.1, 0.15) is 22.4 Å². The number of thiophene rings is 1. The van der Waals surface area contributed by atoms with Crippen LogP contribution in [0.15, 0.2) is 54.9 Å². The second-order valence-corrected chi connectivity index (χ2v) is 8.67. The summed E-state index contributed by atoms with van der Waals surface area (Å²) in [4.78, 5) is 17.7. The molecular formula is C23H23ClN4O2S. The molecule has 1 aromatic carbocycles. The number of aromatic nitrogens is 2. The Morgan fingerprint density at radius 3 is 2.90 bits per heavy atom. The molecule has 3 N–H and O–H groups in total. The number of benzene rings is 1. The van der Waals surface area contributed by atoms with E-state index in [4.69, 9.17) is 22.1 Å². The molecule has 0 bridgehead atoms. The van der Waals surface area contributed by atoms with Crippen LogP contribution >= 0.6 is 22.9 Å². The van der Waals surface area contributed by atoms with Crippen molar-refractivity contribution in [2.75, 3.05) is 13.6 Å². The number of pyridine rings is 1. The minimum absolute atomic E-state index is 0.353. The SMILES string of the molecule is CNCCc1ccc([C@@H](C)Oc2cc(-c3cnc4ccccn34)sc2C(N)=O)c(Cl)c1. The fraction of sp³-hybridized carbons (Fsp3) is 0.217. The fourth-order valence-corrected chi connectivity index (χ4v) is 4.76. The molecule has 0 spiro atoms. The summed E-state index contributed by atoms with van der Waals surface area (Å²) in [6.45, 7) is 2.79. The Morgan fingerprint density at radius 2 is 2.16 bits per heavy atom. The fourth-order valence-electron chi connectivity index (χ4n) is 3.45. The Hall–Kier alpha value is -2.87. The third kappa shape index (κ3) is 4.44. The predicted molar refractivity (Wildman–Crippen MR) is 125 cm³/mol. The predicted octanol–water partition coefficient (Wildman–Crippen LogP) is 4.72. The molecule has 4 rings (SSSR count). The number of carbonyl (C=O) groups is 1. The Labute approximate surface area is 189 Å². The van der Waals surface area contributed by atoms with Gasteiger partial charge in [-0.15, -0.1) is 11.3 Å². The van der Waals surface area contributed by atoms with Crippen LogP contribution in [0.2, 0.25) is 5.02 Å². The van der Waals surface area contributed by atoms with Crippen molar-refractivity contribution in [1.29, 1.82) is 0 Å². The molecule has 4 aromatic rings. The number of fused-ring (bicyclic) bond motifs is 1. The second kappa shape index (κ2) is 9.09. The molecule has 0 aliphatic heterocycles. The molecule has 0 radical (unpaired) electrons. The van der Waals surface area contributed by atoms with Gasteiger partial charge in [0.25, 0.3) is 5.91 Å². The Balaban J connectivity index is 1.63. The molecule has 8 heteroatoms. The highest BCUT2D eigenvalue weighted by Gasteiger charge is 2.21. The summed E-state index contributed by atoms with van der Waals surface area (Å²) in [6.07, 6.45) is 4.25. The van der Waals surface area contributed by atoms with Crippen LogP contribution in [-0.2, 0) is 6.42 Å². The van der Waals surface area contributed by atoms with Crippen LogP contribution in [-0.4, -0.2) is 28.9 Å². The molecule has 31 heavy (non-hydrogen) atoms. The van der Waals surface area contributed by atoms with Gasteiger partial charge in [-0.2, -0.15) is 0 Å². The van der Waals surface area contributed by atoms with Gasteiger partial charge in [0.05, 0.1) is 16.8 Å². The highest BCUT2D eigenvalue weighted by atomic mass is 35.5. The quantitative estimate of drug-likeness (QED) is 0.403. The molecule has 160 valence electrons. The van der Waals surface area contributed by atoms with Gasteiger partial charge < -0.3 is 15.8 Å². The van der Waals surface area contributed by atoms with Gasteiger partial charge >= 0.3 is 0 Å². The van der Waals surface area contributed by atoms with Crippen LogP contribution in [0.25, 0.3) is 16.2 Å². The summed E-state index contributed by atoms with van der Waals surface area (Å²) in [6, 6.07) is 13.6. The maximum absolute atomic E-state index is 12.1.